The minimum atomic E-state index is -3.80. The number of anilines is 1. The number of nitrogens with one attached hydrogen (secondary N) is 1. The third-order valence-electron chi connectivity index (χ3n) is 6.91. The van der Waals surface area contributed by atoms with Crippen LogP contribution >= 0.6 is 23.2 Å². The van der Waals surface area contributed by atoms with Crippen LogP contribution in [0.5, 0.6) is 0 Å². The number of nitrogens with zero attached hydrogens (tertiary/aromatic N) is 2. The van der Waals surface area contributed by atoms with Gasteiger partial charge in [-0.15, -0.1) is 0 Å². The van der Waals surface area contributed by atoms with Crippen molar-refractivity contribution in [3.8, 4) is 0 Å². The molecule has 1 N–H and O–H groups in total. The molecule has 0 spiro atoms. The van der Waals surface area contributed by atoms with E-state index in [2.05, 4.69) is 26.1 Å². The van der Waals surface area contributed by atoms with Gasteiger partial charge in [0.25, 0.3) is 0 Å². The standard InChI is InChI=1S/C28H37Cl2N3O4S/c1-19(27(35)31-22-8-6-7-9-22)32(17-20-10-15-24(29)25(30)16-20)26(34)18-33(38(5,36)37)23-13-11-21(12-14-23)28(2,3)4/h10-16,19,22H,6-9,17-18H2,1-5H3,(H,31,35)/t19-/m1/s1. The Balaban J connectivity index is 1.90. The molecule has 2 aromatic rings. The lowest BCUT2D eigenvalue weighted by Crippen LogP contribution is -2.52. The highest BCUT2D eigenvalue weighted by Gasteiger charge is 2.31. The molecule has 208 valence electrons. The molecule has 0 bridgehead atoms. The Hall–Kier alpha value is -2.29. The van der Waals surface area contributed by atoms with Crippen LogP contribution in [0.2, 0.25) is 10.0 Å². The summed E-state index contributed by atoms with van der Waals surface area (Å²) in [6.07, 6.45) is 5.00. The predicted octanol–water partition coefficient (Wildman–Crippen LogP) is 5.53. The zero-order valence-corrected chi connectivity index (χ0v) is 25.0. The summed E-state index contributed by atoms with van der Waals surface area (Å²) in [4.78, 5) is 28.3. The van der Waals surface area contributed by atoms with Crippen LogP contribution in [0.25, 0.3) is 0 Å². The highest BCUT2D eigenvalue weighted by Crippen LogP contribution is 2.27. The maximum absolute atomic E-state index is 13.7. The molecule has 38 heavy (non-hydrogen) atoms. The number of carbonyl (C=O) groups excluding carboxylic acids is 2. The zero-order valence-electron chi connectivity index (χ0n) is 22.6. The van der Waals surface area contributed by atoms with Gasteiger partial charge in [-0.1, -0.05) is 75.0 Å². The van der Waals surface area contributed by atoms with Crippen molar-refractivity contribution in [2.75, 3.05) is 17.1 Å². The Labute approximate surface area is 236 Å². The molecule has 0 heterocycles. The summed E-state index contributed by atoms with van der Waals surface area (Å²) >= 11 is 12.3. The van der Waals surface area contributed by atoms with Crippen LogP contribution in [0.1, 0.15) is 64.5 Å². The molecule has 7 nitrogen and oxygen atoms in total. The van der Waals surface area contributed by atoms with Gasteiger partial charge in [-0.05, 0) is 60.6 Å². The summed E-state index contributed by atoms with van der Waals surface area (Å²) in [5.41, 5.74) is 1.99. The van der Waals surface area contributed by atoms with Crippen LogP contribution in [-0.2, 0) is 31.6 Å². The monoisotopic (exact) mass is 581 g/mol. The van der Waals surface area contributed by atoms with Gasteiger partial charge in [0.15, 0.2) is 0 Å². The van der Waals surface area contributed by atoms with Crippen molar-refractivity contribution in [2.24, 2.45) is 0 Å². The first-order valence-corrected chi connectivity index (χ1v) is 15.4. The quantitative estimate of drug-likeness (QED) is 0.421. The number of hydrogen-bond acceptors (Lipinski definition) is 4. The maximum atomic E-state index is 13.7. The van der Waals surface area contributed by atoms with E-state index in [1.54, 1.807) is 37.3 Å². The van der Waals surface area contributed by atoms with Crippen molar-refractivity contribution in [3.05, 3.63) is 63.6 Å². The fraction of sp³-hybridized carbons (Fsp3) is 0.500. The van der Waals surface area contributed by atoms with Gasteiger partial charge in [-0.25, -0.2) is 8.42 Å². The molecule has 1 fully saturated rings. The minimum absolute atomic E-state index is 0.0650. The van der Waals surface area contributed by atoms with Gasteiger partial charge in [-0.2, -0.15) is 0 Å². The minimum Gasteiger partial charge on any atom is -0.352 e. The molecule has 2 aromatic carbocycles. The van der Waals surface area contributed by atoms with E-state index >= 15 is 0 Å². The molecule has 0 saturated heterocycles. The van der Waals surface area contributed by atoms with E-state index in [4.69, 9.17) is 23.2 Å². The number of halogens is 2. The largest absolute Gasteiger partial charge is 0.352 e. The molecule has 3 rings (SSSR count). The smallest absolute Gasteiger partial charge is 0.244 e. The van der Waals surface area contributed by atoms with Gasteiger partial charge < -0.3 is 10.2 Å². The van der Waals surface area contributed by atoms with E-state index in [9.17, 15) is 18.0 Å². The van der Waals surface area contributed by atoms with E-state index in [1.807, 2.05) is 12.1 Å². The Morgan fingerprint density at radius 3 is 2.16 bits per heavy atom. The van der Waals surface area contributed by atoms with E-state index in [0.29, 0.717) is 21.3 Å². The fourth-order valence-electron chi connectivity index (χ4n) is 4.55. The molecule has 1 atom stereocenters. The molecule has 10 heteroatoms. The first-order valence-electron chi connectivity index (χ1n) is 12.8. The third kappa shape index (κ3) is 7.87. The van der Waals surface area contributed by atoms with Gasteiger partial charge in [0, 0.05) is 12.6 Å². The second-order valence-corrected chi connectivity index (χ2v) is 13.7. The highest BCUT2D eigenvalue weighted by atomic mass is 35.5. The number of carbonyl (C=O) groups is 2. The SMILES string of the molecule is C[C@H](C(=O)NC1CCCC1)N(Cc1ccc(Cl)c(Cl)c1)C(=O)CN(c1ccc(C(C)(C)C)cc1)S(C)(=O)=O. The summed E-state index contributed by atoms with van der Waals surface area (Å²) in [6, 6.07) is 11.4. The Kier molecular flexibility index (Phi) is 9.76. The molecule has 0 unspecified atom stereocenters. The Morgan fingerprint density at radius 2 is 1.63 bits per heavy atom. The molecule has 0 aliphatic heterocycles. The average Bonchev–Trinajstić information content (AvgIpc) is 3.34. The normalized spacial score (nSPS) is 15.2. The lowest BCUT2D eigenvalue weighted by Gasteiger charge is -2.32. The summed E-state index contributed by atoms with van der Waals surface area (Å²) < 4.78 is 26.7. The number of sulfonamides is 1. The average molecular weight is 583 g/mol. The van der Waals surface area contributed by atoms with Gasteiger partial charge in [-0.3, -0.25) is 13.9 Å². The van der Waals surface area contributed by atoms with Crippen LogP contribution in [-0.4, -0.2) is 50.0 Å². The van der Waals surface area contributed by atoms with E-state index in [0.717, 1.165) is 41.8 Å². The van der Waals surface area contributed by atoms with Gasteiger partial charge >= 0.3 is 0 Å². The van der Waals surface area contributed by atoms with Crippen LogP contribution in [0.15, 0.2) is 42.5 Å². The van der Waals surface area contributed by atoms with Gasteiger partial charge in [0.2, 0.25) is 21.8 Å². The molecular formula is C28H37Cl2N3O4S. The van der Waals surface area contributed by atoms with Gasteiger partial charge in [0.05, 0.1) is 22.0 Å². The van der Waals surface area contributed by atoms with Crippen LogP contribution in [0.4, 0.5) is 5.69 Å². The van der Waals surface area contributed by atoms with E-state index in [-0.39, 0.29) is 23.9 Å². The maximum Gasteiger partial charge on any atom is 0.244 e. The van der Waals surface area contributed by atoms with E-state index < -0.39 is 28.5 Å². The predicted molar refractivity (Wildman–Crippen MR) is 154 cm³/mol. The van der Waals surface area contributed by atoms with Crippen LogP contribution < -0.4 is 9.62 Å². The van der Waals surface area contributed by atoms with Crippen molar-refractivity contribution < 1.29 is 18.0 Å². The molecule has 0 radical (unpaired) electrons. The molecular weight excluding hydrogens is 545 g/mol. The lowest BCUT2D eigenvalue weighted by molar-refractivity contribution is -0.139. The summed E-state index contributed by atoms with van der Waals surface area (Å²) in [6.45, 7) is 7.48. The van der Waals surface area contributed by atoms with Crippen molar-refractivity contribution in [1.29, 1.82) is 0 Å². The topological polar surface area (TPSA) is 86.8 Å². The molecule has 1 aliphatic carbocycles. The molecule has 2 amide bonds. The second-order valence-electron chi connectivity index (χ2n) is 11.0. The fourth-order valence-corrected chi connectivity index (χ4v) is 5.72. The first-order chi connectivity index (χ1) is 17.7. The number of rotatable bonds is 9. The van der Waals surface area contributed by atoms with E-state index in [1.165, 1.54) is 4.90 Å². The van der Waals surface area contributed by atoms with Crippen molar-refractivity contribution >= 4 is 50.7 Å². The second kappa shape index (κ2) is 12.3. The van der Waals surface area contributed by atoms with Crippen molar-refractivity contribution in [1.82, 2.24) is 10.2 Å². The Morgan fingerprint density at radius 1 is 1.03 bits per heavy atom. The molecule has 1 aliphatic rings. The van der Waals surface area contributed by atoms with Crippen LogP contribution in [0, 0.1) is 0 Å². The van der Waals surface area contributed by atoms with Crippen LogP contribution in [0.3, 0.4) is 0 Å². The zero-order chi connectivity index (χ0) is 28.3. The first kappa shape index (κ1) is 30.3. The highest BCUT2D eigenvalue weighted by molar-refractivity contribution is 7.92. The van der Waals surface area contributed by atoms with Gasteiger partial charge in [0.1, 0.15) is 12.6 Å². The lowest BCUT2D eigenvalue weighted by atomic mass is 9.87. The number of benzene rings is 2. The number of amides is 2. The molecule has 0 aromatic heterocycles. The third-order valence-corrected chi connectivity index (χ3v) is 8.79. The van der Waals surface area contributed by atoms with Crippen molar-refractivity contribution in [2.45, 2.75) is 77.4 Å². The summed E-state index contributed by atoms with van der Waals surface area (Å²) in [7, 11) is -3.80. The summed E-state index contributed by atoms with van der Waals surface area (Å²) in [5, 5.41) is 3.75. The Bertz CT molecular complexity index is 1250. The molecule has 1 saturated carbocycles. The number of hydrogen-bond donors (Lipinski definition) is 1. The summed E-state index contributed by atoms with van der Waals surface area (Å²) in [5.74, 6) is -0.777. The van der Waals surface area contributed by atoms with Crippen molar-refractivity contribution in [3.63, 3.8) is 0 Å².